The van der Waals surface area contributed by atoms with E-state index in [0.717, 1.165) is 30.1 Å². The number of hydrogen-bond donors (Lipinski definition) is 1. The molecule has 4 nitrogen and oxygen atoms in total. The van der Waals surface area contributed by atoms with Gasteiger partial charge in [0, 0.05) is 17.6 Å². The minimum absolute atomic E-state index is 0.0226. The molecule has 0 spiro atoms. The van der Waals surface area contributed by atoms with Crippen LogP contribution in [0.3, 0.4) is 0 Å². The van der Waals surface area contributed by atoms with Crippen LogP contribution in [-0.2, 0) is 4.79 Å². The summed E-state index contributed by atoms with van der Waals surface area (Å²) < 4.78 is 0. The van der Waals surface area contributed by atoms with E-state index >= 15 is 0 Å². The second-order valence-corrected chi connectivity index (χ2v) is 6.67. The van der Waals surface area contributed by atoms with Crippen LogP contribution in [0.1, 0.15) is 25.1 Å². The van der Waals surface area contributed by atoms with Gasteiger partial charge in [0.2, 0.25) is 5.91 Å². The van der Waals surface area contributed by atoms with E-state index in [1.807, 2.05) is 24.3 Å². The second kappa shape index (κ2) is 5.95. The maximum atomic E-state index is 12.4. The number of carbonyl (C=O) groups is 1. The van der Waals surface area contributed by atoms with Gasteiger partial charge in [0.15, 0.2) is 0 Å². The average Bonchev–Trinajstić information content (AvgIpc) is 2.82. The SMILES string of the molecule is CC1CN(C)CCC1N1C(=O)CNC1c1ccc(Cl)cc1. The summed E-state index contributed by atoms with van der Waals surface area (Å²) in [5.74, 6) is 0.693. The largest absolute Gasteiger partial charge is 0.318 e. The smallest absolute Gasteiger partial charge is 0.238 e. The van der Waals surface area contributed by atoms with Crippen LogP contribution in [0.4, 0.5) is 0 Å². The highest BCUT2D eigenvalue weighted by atomic mass is 35.5. The lowest BCUT2D eigenvalue weighted by Gasteiger charge is -2.42. The van der Waals surface area contributed by atoms with Crippen molar-refractivity contribution in [2.45, 2.75) is 25.6 Å². The van der Waals surface area contributed by atoms with E-state index in [-0.39, 0.29) is 12.1 Å². The molecule has 2 aliphatic rings. The average molecular weight is 308 g/mol. The quantitative estimate of drug-likeness (QED) is 0.909. The molecule has 2 fully saturated rings. The minimum Gasteiger partial charge on any atom is -0.318 e. The second-order valence-electron chi connectivity index (χ2n) is 6.23. The Balaban J connectivity index is 1.84. The lowest BCUT2D eigenvalue weighted by molar-refractivity contribution is -0.132. The van der Waals surface area contributed by atoms with Gasteiger partial charge >= 0.3 is 0 Å². The number of halogens is 1. The number of nitrogens with one attached hydrogen (secondary N) is 1. The molecule has 0 aromatic heterocycles. The third kappa shape index (κ3) is 2.93. The van der Waals surface area contributed by atoms with Crippen molar-refractivity contribution < 1.29 is 4.79 Å². The summed E-state index contributed by atoms with van der Waals surface area (Å²) in [4.78, 5) is 16.8. The summed E-state index contributed by atoms with van der Waals surface area (Å²) in [6, 6.07) is 8.09. The minimum atomic E-state index is -0.0226. The molecular formula is C16H22ClN3O. The first-order chi connectivity index (χ1) is 10.1. The third-order valence-corrected chi connectivity index (χ3v) is 4.87. The summed E-state index contributed by atoms with van der Waals surface area (Å²) >= 11 is 5.96. The van der Waals surface area contributed by atoms with Crippen molar-refractivity contribution in [3.8, 4) is 0 Å². The monoisotopic (exact) mass is 307 g/mol. The van der Waals surface area contributed by atoms with Crippen LogP contribution in [0.5, 0.6) is 0 Å². The van der Waals surface area contributed by atoms with Crippen molar-refractivity contribution in [3.05, 3.63) is 34.9 Å². The van der Waals surface area contributed by atoms with Crippen LogP contribution in [0.25, 0.3) is 0 Å². The first kappa shape index (κ1) is 14.8. The zero-order valence-electron chi connectivity index (χ0n) is 12.6. The summed E-state index contributed by atoms with van der Waals surface area (Å²) in [6.45, 7) is 4.76. The topological polar surface area (TPSA) is 35.6 Å². The molecule has 0 aliphatic carbocycles. The summed E-state index contributed by atoms with van der Waals surface area (Å²) in [7, 11) is 2.15. The molecule has 3 rings (SSSR count). The molecule has 2 aliphatic heterocycles. The Kier molecular flexibility index (Phi) is 4.20. The molecule has 1 aromatic carbocycles. The van der Waals surface area contributed by atoms with Crippen molar-refractivity contribution in [2.24, 2.45) is 5.92 Å². The molecule has 21 heavy (non-hydrogen) atoms. The standard InChI is InChI=1S/C16H22ClN3O/c1-11-10-19(2)8-7-14(11)20-15(21)9-18-16(20)12-3-5-13(17)6-4-12/h3-6,11,14,16,18H,7-10H2,1-2H3. The Labute approximate surface area is 131 Å². The van der Waals surface area contributed by atoms with E-state index in [4.69, 9.17) is 11.6 Å². The van der Waals surface area contributed by atoms with Gasteiger partial charge in [-0.1, -0.05) is 30.7 Å². The maximum Gasteiger partial charge on any atom is 0.238 e. The molecule has 0 radical (unpaired) electrons. The van der Waals surface area contributed by atoms with Crippen LogP contribution >= 0.6 is 11.6 Å². The van der Waals surface area contributed by atoms with E-state index in [1.54, 1.807) is 0 Å². The van der Waals surface area contributed by atoms with Gasteiger partial charge in [-0.05, 0) is 43.6 Å². The highest BCUT2D eigenvalue weighted by Gasteiger charge is 2.40. The van der Waals surface area contributed by atoms with E-state index < -0.39 is 0 Å². The molecule has 1 aromatic rings. The number of piperidine rings is 1. The summed E-state index contributed by atoms with van der Waals surface area (Å²) in [5, 5.41) is 4.07. The molecule has 3 atom stereocenters. The van der Waals surface area contributed by atoms with E-state index in [9.17, 15) is 4.79 Å². The Morgan fingerprint density at radius 3 is 2.67 bits per heavy atom. The fourth-order valence-corrected chi connectivity index (χ4v) is 3.70. The molecule has 2 saturated heterocycles. The first-order valence-electron chi connectivity index (χ1n) is 7.55. The van der Waals surface area contributed by atoms with Gasteiger partial charge in [0.25, 0.3) is 0 Å². The zero-order valence-corrected chi connectivity index (χ0v) is 13.3. The van der Waals surface area contributed by atoms with E-state index in [2.05, 4.69) is 29.1 Å². The number of nitrogens with zero attached hydrogens (tertiary/aromatic N) is 2. The Hall–Kier alpha value is -1.10. The molecule has 0 saturated carbocycles. The Bertz CT molecular complexity index is 519. The number of likely N-dealkylation sites (tertiary alicyclic amines) is 1. The molecule has 114 valence electrons. The molecule has 1 amide bonds. The molecular weight excluding hydrogens is 286 g/mol. The lowest BCUT2D eigenvalue weighted by atomic mass is 9.92. The van der Waals surface area contributed by atoms with Crippen molar-refractivity contribution in [2.75, 3.05) is 26.7 Å². The maximum absolute atomic E-state index is 12.4. The van der Waals surface area contributed by atoms with Gasteiger partial charge in [-0.25, -0.2) is 0 Å². The first-order valence-corrected chi connectivity index (χ1v) is 7.92. The number of benzene rings is 1. The van der Waals surface area contributed by atoms with Crippen LogP contribution in [0.15, 0.2) is 24.3 Å². The van der Waals surface area contributed by atoms with E-state index in [0.29, 0.717) is 18.5 Å². The fourth-order valence-electron chi connectivity index (χ4n) is 3.57. The number of carbonyl (C=O) groups excluding carboxylic acids is 1. The highest BCUT2D eigenvalue weighted by molar-refractivity contribution is 6.30. The molecule has 0 bridgehead atoms. The van der Waals surface area contributed by atoms with Gasteiger partial charge < -0.3 is 9.80 Å². The predicted octanol–water partition coefficient (Wildman–Crippen LogP) is 2.11. The van der Waals surface area contributed by atoms with Gasteiger partial charge in [-0.15, -0.1) is 0 Å². The van der Waals surface area contributed by atoms with Gasteiger partial charge in [-0.2, -0.15) is 0 Å². The van der Waals surface area contributed by atoms with E-state index in [1.165, 1.54) is 0 Å². The number of rotatable bonds is 2. The fraction of sp³-hybridized carbons (Fsp3) is 0.562. The van der Waals surface area contributed by atoms with Gasteiger partial charge in [-0.3, -0.25) is 10.1 Å². The molecule has 1 N–H and O–H groups in total. The number of amides is 1. The van der Waals surface area contributed by atoms with Crippen molar-refractivity contribution in [1.29, 1.82) is 0 Å². The molecule has 2 heterocycles. The van der Waals surface area contributed by atoms with Crippen LogP contribution in [0, 0.1) is 5.92 Å². The molecule has 3 unspecified atom stereocenters. The van der Waals surface area contributed by atoms with Crippen molar-refractivity contribution in [3.63, 3.8) is 0 Å². The van der Waals surface area contributed by atoms with Crippen molar-refractivity contribution in [1.82, 2.24) is 15.1 Å². The zero-order chi connectivity index (χ0) is 15.0. The summed E-state index contributed by atoms with van der Waals surface area (Å²) in [6.07, 6.45) is 1.01. The molecule has 5 heteroatoms. The van der Waals surface area contributed by atoms with Gasteiger partial charge in [0.1, 0.15) is 6.17 Å². The van der Waals surface area contributed by atoms with Crippen LogP contribution in [-0.4, -0.2) is 48.4 Å². The summed E-state index contributed by atoms with van der Waals surface area (Å²) in [5.41, 5.74) is 1.11. The van der Waals surface area contributed by atoms with Crippen LogP contribution < -0.4 is 5.32 Å². The normalized spacial score (nSPS) is 30.9. The lowest BCUT2D eigenvalue weighted by Crippen LogP contribution is -2.50. The van der Waals surface area contributed by atoms with Crippen LogP contribution in [0.2, 0.25) is 5.02 Å². The Morgan fingerprint density at radius 2 is 2.00 bits per heavy atom. The highest BCUT2D eigenvalue weighted by Crippen LogP contribution is 2.31. The predicted molar refractivity (Wildman–Crippen MR) is 84.1 cm³/mol. The Morgan fingerprint density at radius 1 is 1.29 bits per heavy atom. The number of hydrogen-bond acceptors (Lipinski definition) is 3. The third-order valence-electron chi connectivity index (χ3n) is 4.62. The van der Waals surface area contributed by atoms with Gasteiger partial charge in [0.05, 0.1) is 6.54 Å². The van der Waals surface area contributed by atoms with Crippen molar-refractivity contribution >= 4 is 17.5 Å².